The normalized spacial score (nSPS) is 11.3. The molecule has 0 atom stereocenters. The summed E-state index contributed by atoms with van der Waals surface area (Å²) in [5.74, 6) is 0.459. The van der Waals surface area contributed by atoms with Crippen molar-refractivity contribution in [3.05, 3.63) is 94.0 Å². The molecule has 0 aliphatic carbocycles. The zero-order valence-corrected chi connectivity index (χ0v) is 15.0. The number of hydrogen-bond donors (Lipinski definition) is 0. The molecule has 0 aliphatic heterocycles. The zero-order valence-electron chi connectivity index (χ0n) is 14.2. The van der Waals surface area contributed by atoms with E-state index in [1.165, 1.54) is 12.5 Å². The quantitative estimate of drug-likeness (QED) is 0.440. The van der Waals surface area contributed by atoms with Gasteiger partial charge in [-0.3, -0.25) is 4.79 Å². The van der Waals surface area contributed by atoms with E-state index in [4.69, 9.17) is 25.2 Å². The van der Waals surface area contributed by atoms with E-state index < -0.39 is 0 Å². The van der Waals surface area contributed by atoms with Crippen molar-refractivity contribution in [3.8, 4) is 17.1 Å². The third-order valence-electron chi connectivity index (χ3n) is 4.03. The Morgan fingerprint density at radius 2 is 1.93 bits per heavy atom. The van der Waals surface area contributed by atoms with E-state index in [2.05, 4.69) is 0 Å². The molecule has 4 rings (SSSR count). The first-order valence-corrected chi connectivity index (χ1v) is 8.73. The van der Waals surface area contributed by atoms with Gasteiger partial charge in [-0.15, -0.1) is 0 Å². The van der Waals surface area contributed by atoms with Gasteiger partial charge in [-0.25, -0.2) is 0 Å². The molecule has 0 amide bonds. The number of rotatable bonds is 5. The molecule has 27 heavy (non-hydrogen) atoms. The van der Waals surface area contributed by atoms with Gasteiger partial charge in [0.15, 0.2) is 5.76 Å². The van der Waals surface area contributed by atoms with E-state index >= 15 is 0 Å². The highest BCUT2D eigenvalue weighted by molar-refractivity contribution is 6.31. The summed E-state index contributed by atoms with van der Waals surface area (Å²) in [7, 11) is 0. The fraction of sp³-hybridized carbons (Fsp3) is 0.0455. The first-order chi connectivity index (χ1) is 13.2. The third kappa shape index (κ3) is 3.66. The molecule has 0 saturated heterocycles. The molecule has 0 fully saturated rings. The molecule has 0 saturated carbocycles. The predicted molar refractivity (Wildman–Crippen MR) is 106 cm³/mol. The summed E-state index contributed by atoms with van der Waals surface area (Å²) in [6, 6.07) is 16.5. The first kappa shape index (κ1) is 17.2. The summed E-state index contributed by atoms with van der Waals surface area (Å²) in [6.45, 7) is 0.219. The number of benzene rings is 2. The molecule has 2 heterocycles. The van der Waals surface area contributed by atoms with Crippen LogP contribution in [-0.4, -0.2) is 6.61 Å². The molecule has 0 N–H and O–H groups in total. The molecular weight excluding hydrogens is 364 g/mol. The highest BCUT2D eigenvalue weighted by atomic mass is 35.5. The largest absolute Gasteiger partial charge is 0.482 e. The minimum Gasteiger partial charge on any atom is -0.482 e. The highest BCUT2D eigenvalue weighted by Crippen LogP contribution is 2.32. The van der Waals surface area contributed by atoms with Crippen molar-refractivity contribution < 1.29 is 13.6 Å². The van der Waals surface area contributed by atoms with Crippen LogP contribution in [0.2, 0.25) is 5.02 Å². The standard InChI is InChI=1S/C22H15ClO4/c23-17-8-9-19-18(13-17)20(24)22(21(27-19)16-10-12-25-14-16)26-11-4-7-15-5-2-1-3-6-15/h1-10,12-14H,11H2/b7-4+. The first-order valence-electron chi connectivity index (χ1n) is 8.36. The Bertz CT molecular complexity index is 1140. The van der Waals surface area contributed by atoms with Crippen LogP contribution >= 0.6 is 11.6 Å². The molecule has 134 valence electrons. The van der Waals surface area contributed by atoms with Crippen LogP contribution in [0.1, 0.15) is 5.56 Å². The fourth-order valence-corrected chi connectivity index (χ4v) is 2.92. The van der Waals surface area contributed by atoms with E-state index in [9.17, 15) is 4.79 Å². The van der Waals surface area contributed by atoms with E-state index in [-0.39, 0.29) is 17.8 Å². The molecule has 4 nitrogen and oxygen atoms in total. The van der Waals surface area contributed by atoms with Crippen LogP contribution in [0, 0.1) is 0 Å². The summed E-state index contributed by atoms with van der Waals surface area (Å²) in [4.78, 5) is 13.0. The maximum Gasteiger partial charge on any atom is 0.235 e. The second kappa shape index (κ2) is 7.56. The third-order valence-corrected chi connectivity index (χ3v) is 4.26. The van der Waals surface area contributed by atoms with Crippen molar-refractivity contribution in [1.29, 1.82) is 0 Å². The molecule has 5 heteroatoms. The van der Waals surface area contributed by atoms with Crippen LogP contribution in [0.5, 0.6) is 5.75 Å². The van der Waals surface area contributed by atoms with Crippen molar-refractivity contribution in [1.82, 2.24) is 0 Å². The summed E-state index contributed by atoms with van der Waals surface area (Å²) >= 11 is 6.03. The average Bonchev–Trinajstić information content (AvgIpc) is 3.22. The van der Waals surface area contributed by atoms with Gasteiger partial charge in [0.05, 0.1) is 17.2 Å². The van der Waals surface area contributed by atoms with E-state index in [1.54, 1.807) is 24.3 Å². The Morgan fingerprint density at radius 1 is 1.07 bits per heavy atom. The minimum absolute atomic E-state index is 0.129. The summed E-state index contributed by atoms with van der Waals surface area (Å²) in [5.41, 5.74) is 1.84. The molecule has 0 bridgehead atoms. The van der Waals surface area contributed by atoms with Crippen molar-refractivity contribution in [2.24, 2.45) is 0 Å². The van der Waals surface area contributed by atoms with Gasteiger partial charge in [0.25, 0.3) is 0 Å². The minimum atomic E-state index is -0.275. The molecule has 0 radical (unpaired) electrons. The van der Waals surface area contributed by atoms with Gasteiger partial charge < -0.3 is 13.6 Å². The fourth-order valence-electron chi connectivity index (χ4n) is 2.74. The lowest BCUT2D eigenvalue weighted by Crippen LogP contribution is -2.10. The van der Waals surface area contributed by atoms with Crippen LogP contribution in [0.4, 0.5) is 0 Å². The van der Waals surface area contributed by atoms with Gasteiger partial charge in [-0.2, -0.15) is 0 Å². The second-order valence-corrected chi connectivity index (χ2v) is 6.30. The number of hydrogen-bond acceptors (Lipinski definition) is 4. The monoisotopic (exact) mass is 378 g/mol. The Kier molecular flexibility index (Phi) is 4.81. The SMILES string of the molecule is O=c1c(OC/C=C/c2ccccc2)c(-c2ccoc2)oc2ccc(Cl)cc12. The number of furan rings is 1. The van der Waals surface area contributed by atoms with Crippen LogP contribution in [0.3, 0.4) is 0 Å². The summed E-state index contributed by atoms with van der Waals surface area (Å²) < 4.78 is 16.8. The molecule has 0 unspecified atom stereocenters. The zero-order chi connectivity index (χ0) is 18.6. The van der Waals surface area contributed by atoms with Crippen LogP contribution in [0.25, 0.3) is 28.4 Å². The van der Waals surface area contributed by atoms with E-state index in [1.807, 2.05) is 42.5 Å². The van der Waals surface area contributed by atoms with E-state index in [0.717, 1.165) is 5.56 Å². The van der Waals surface area contributed by atoms with Crippen molar-refractivity contribution >= 4 is 28.6 Å². The van der Waals surface area contributed by atoms with E-state index in [0.29, 0.717) is 27.3 Å². The number of fused-ring (bicyclic) bond motifs is 1. The van der Waals surface area contributed by atoms with Gasteiger partial charge in [0.1, 0.15) is 18.5 Å². The van der Waals surface area contributed by atoms with Gasteiger partial charge in [-0.05, 0) is 35.9 Å². The highest BCUT2D eigenvalue weighted by Gasteiger charge is 2.18. The van der Waals surface area contributed by atoms with Gasteiger partial charge in [0, 0.05) is 5.02 Å². The second-order valence-electron chi connectivity index (χ2n) is 5.87. The molecular formula is C22H15ClO4. The average molecular weight is 379 g/mol. The lowest BCUT2D eigenvalue weighted by atomic mass is 10.1. The maximum atomic E-state index is 13.0. The van der Waals surface area contributed by atoms with Crippen molar-refractivity contribution in [3.63, 3.8) is 0 Å². The van der Waals surface area contributed by atoms with Crippen molar-refractivity contribution in [2.75, 3.05) is 6.61 Å². The topological polar surface area (TPSA) is 52.6 Å². The van der Waals surface area contributed by atoms with Crippen LogP contribution in [-0.2, 0) is 0 Å². The Labute approximate surface area is 160 Å². The Balaban J connectivity index is 1.71. The lowest BCUT2D eigenvalue weighted by molar-refractivity contribution is 0.352. The molecule has 4 aromatic rings. The van der Waals surface area contributed by atoms with Crippen molar-refractivity contribution in [2.45, 2.75) is 0 Å². The van der Waals surface area contributed by atoms with Gasteiger partial charge in [0.2, 0.25) is 11.2 Å². The predicted octanol–water partition coefficient (Wildman–Crippen LogP) is 5.80. The summed E-state index contributed by atoms with van der Waals surface area (Å²) in [6.07, 6.45) is 6.79. The van der Waals surface area contributed by atoms with Crippen LogP contribution in [0.15, 0.2) is 86.8 Å². The van der Waals surface area contributed by atoms with Gasteiger partial charge >= 0.3 is 0 Å². The molecule has 0 aliphatic rings. The molecule has 0 spiro atoms. The Hall–Kier alpha value is -3.24. The maximum absolute atomic E-state index is 13.0. The smallest absolute Gasteiger partial charge is 0.235 e. The van der Waals surface area contributed by atoms with Crippen LogP contribution < -0.4 is 10.2 Å². The molecule has 2 aromatic heterocycles. The number of ether oxygens (including phenoxy) is 1. The summed E-state index contributed by atoms with van der Waals surface area (Å²) in [5, 5.41) is 0.831. The Morgan fingerprint density at radius 3 is 2.70 bits per heavy atom. The van der Waals surface area contributed by atoms with Gasteiger partial charge in [-0.1, -0.05) is 48.0 Å². The lowest BCUT2D eigenvalue weighted by Gasteiger charge is -2.09. The number of halogens is 1. The molecule has 2 aromatic carbocycles.